The molecule has 8 nitrogen and oxygen atoms in total. The van der Waals surface area contributed by atoms with Gasteiger partial charge in [-0.1, -0.05) is 36.4 Å². The van der Waals surface area contributed by atoms with Crippen LogP contribution in [0.25, 0.3) is 11.0 Å². The summed E-state index contributed by atoms with van der Waals surface area (Å²) in [5.41, 5.74) is 1.73. The first-order valence-corrected chi connectivity index (χ1v) is 12.0. The molecule has 4 rings (SSSR count). The summed E-state index contributed by atoms with van der Waals surface area (Å²) in [6.45, 7) is 5.63. The fourth-order valence-corrected chi connectivity index (χ4v) is 4.00. The second-order valence-corrected chi connectivity index (χ2v) is 9.38. The van der Waals surface area contributed by atoms with Crippen LogP contribution in [0.2, 0.25) is 0 Å². The maximum Gasteiger partial charge on any atom is 0.249 e. The van der Waals surface area contributed by atoms with E-state index in [-0.39, 0.29) is 12.5 Å². The minimum absolute atomic E-state index is 0.178. The van der Waals surface area contributed by atoms with Crippen LogP contribution in [0.4, 0.5) is 10.1 Å². The lowest BCUT2D eigenvalue weighted by molar-refractivity contribution is -0.128. The molecule has 2 amide bonds. The topological polar surface area (TPSA) is 89.4 Å². The van der Waals surface area contributed by atoms with Gasteiger partial charge in [0.1, 0.15) is 29.7 Å². The Morgan fingerprint density at radius 3 is 2.51 bits per heavy atom. The Kier molecular flexibility index (Phi) is 7.52. The number of hydrogen-bond acceptors (Lipinski definition) is 5. The monoisotopic (exact) mass is 503 g/mol. The first-order valence-electron chi connectivity index (χ1n) is 12.0. The van der Waals surface area contributed by atoms with Crippen LogP contribution in [0.3, 0.4) is 0 Å². The molecule has 3 aromatic carbocycles. The SMILES string of the molecule is CCC(C)(C)NC(=O)[C@H](c1cccc(OC)c1)N(C(=O)Cn1nnc2ccccc21)c1ccc(F)cc1. The Balaban J connectivity index is 1.83. The van der Waals surface area contributed by atoms with Crippen LogP contribution in [-0.2, 0) is 16.1 Å². The number of benzene rings is 3. The number of para-hydroxylation sites is 1. The quantitative estimate of drug-likeness (QED) is 0.359. The van der Waals surface area contributed by atoms with Gasteiger partial charge >= 0.3 is 0 Å². The van der Waals surface area contributed by atoms with Crippen LogP contribution < -0.4 is 15.0 Å². The molecule has 4 aromatic rings. The summed E-state index contributed by atoms with van der Waals surface area (Å²) in [6.07, 6.45) is 0.680. The maximum absolute atomic E-state index is 14.0. The van der Waals surface area contributed by atoms with E-state index in [0.717, 1.165) is 0 Å². The number of nitrogens with zero attached hydrogens (tertiary/aromatic N) is 4. The number of carbonyl (C=O) groups is 2. The Hall–Kier alpha value is -4.27. The highest BCUT2D eigenvalue weighted by atomic mass is 19.1. The first-order chi connectivity index (χ1) is 17.7. The highest BCUT2D eigenvalue weighted by molar-refractivity contribution is 6.01. The van der Waals surface area contributed by atoms with E-state index in [1.54, 1.807) is 30.3 Å². The van der Waals surface area contributed by atoms with Crippen LogP contribution in [0.1, 0.15) is 38.8 Å². The minimum Gasteiger partial charge on any atom is -0.497 e. The zero-order chi connectivity index (χ0) is 26.6. The number of amides is 2. The molecule has 0 saturated carbocycles. The van der Waals surface area contributed by atoms with E-state index in [4.69, 9.17) is 4.74 Å². The van der Waals surface area contributed by atoms with Crippen LogP contribution in [0, 0.1) is 5.82 Å². The van der Waals surface area contributed by atoms with Gasteiger partial charge in [-0.15, -0.1) is 5.10 Å². The normalized spacial score (nSPS) is 12.2. The zero-order valence-electron chi connectivity index (χ0n) is 21.3. The van der Waals surface area contributed by atoms with Gasteiger partial charge < -0.3 is 10.1 Å². The summed E-state index contributed by atoms with van der Waals surface area (Å²) in [6, 6.07) is 18.7. The third kappa shape index (κ3) is 5.77. The standard InChI is InChI=1S/C28H30FN5O3/c1-5-28(2,3)30-27(36)26(19-9-8-10-22(17-19)37-4)34(21-15-13-20(29)14-16-21)25(35)18-33-24-12-7-6-11-23(24)31-32-33/h6-17,26H,5,18H2,1-4H3,(H,30,36)/t26-/m0/s1. The van der Waals surface area contributed by atoms with Gasteiger partial charge in [0.15, 0.2) is 0 Å². The van der Waals surface area contributed by atoms with Crippen molar-refractivity contribution in [3.05, 3.63) is 84.2 Å². The third-order valence-corrected chi connectivity index (χ3v) is 6.34. The van der Waals surface area contributed by atoms with E-state index >= 15 is 0 Å². The molecular weight excluding hydrogens is 473 g/mol. The predicted molar refractivity (Wildman–Crippen MR) is 140 cm³/mol. The number of fused-ring (bicyclic) bond motifs is 1. The molecule has 0 fully saturated rings. The molecule has 192 valence electrons. The smallest absolute Gasteiger partial charge is 0.249 e. The van der Waals surface area contributed by atoms with E-state index in [2.05, 4.69) is 15.6 Å². The Morgan fingerprint density at radius 2 is 1.81 bits per heavy atom. The molecule has 9 heteroatoms. The second-order valence-electron chi connectivity index (χ2n) is 9.38. The van der Waals surface area contributed by atoms with Crippen LogP contribution >= 0.6 is 0 Å². The van der Waals surface area contributed by atoms with Crippen molar-refractivity contribution in [2.75, 3.05) is 12.0 Å². The highest BCUT2D eigenvalue weighted by Crippen LogP contribution is 2.31. The van der Waals surface area contributed by atoms with Crippen molar-refractivity contribution in [2.45, 2.75) is 45.3 Å². The van der Waals surface area contributed by atoms with Crippen molar-refractivity contribution in [1.82, 2.24) is 20.3 Å². The van der Waals surface area contributed by atoms with Crippen LogP contribution in [-0.4, -0.2) is 39.5 Å². The average molecular weight is 504 g/mol. The van der Waals surface area contributed by atoms with Gasteiger partial charge in [0.05, 0.1) is 12.6 Å². The second kappa shape index (κ2) is 10.8. The highest BCUT2D eigenvalue weighted by Gasteiger charge is 2.35. The molecule has 0 aliphatic heterocycles. The number of methoxy groups -OCH3 is 1. The largest absolute Gasteiger partial charge is 0.497 e. The number of rotatable bonds is 9. The lowest BCUT2D eigenvalue weighted by Gasteiger charge is -2.34. The van der Waals surface area contributed by atoms with Crippen molar-refractivity contribution in [1.29, 1.82) is 0 Å². The number of aromatic nitrogens is 3. The molecule has 37 heavy (non-hydrogen) atoms. The molecule has 0 bridgehead atoms. The van der Waals surface area contributed by atoms with E-state index in [1.165, 1.54) is 41.0 Å². The number of hydrogen-bond donors (Lipinski definition) is 1. The first kappa shape index (κ1) is 25.8. The molecule has 0 unspecified atom stereocenters. The molecule has 1 atom stereocenters. The summed E-state index contributed by atoms with van der Waals surface area (Å²) >= 11 is 0. The van der Waals surface area contributed by atoms with Gasteiger partial charge in [0.2, 0.25) is 11.8 Å². The molecule has 0 aliphatic carbocycles. The summed E-state index contributed by atoms with van der Waals surface area (Å²) in [7, 11) is 1.53. The Bertz CT molecular complexity index is 1400. The van der Waals surface area contributed by atoms with Gasteiger partial charge in [-0.3, -0.25) is 14.5 Å². The predicted octanol–water partition coefficient (Wildman–Crippen LogP) is 4.66. The molecule has 0 radical (unpaired) electrons. The molecular formula is C28H30FN5O3. The zero-order valence-corrected chi connectivity index (χ0v) is 21.3. The molecule has 0 aliphatic rings. The molecule has 0 spiro atoms. The fourth-order valence-electron chi connectivity index (χ4n) is 4.00. The average Bonchev–Trinajstić information content (AvgIpc) is 3.30. The minimum atomic E-state index is -1.06. The number of carbonyl (C=O) groups excluding carboxylic acids is 2. The van der Waals surface area contributed by atoms with Crippen molar-refractivity contribution >= 4 is 28.5 Å². The number of halogens is 1. The maximum atomic E-state index is 14.0. The van der Waals surface area contributed by atoms with E-state index < -0.39 is 23.3 Å². The Morgan fingerprint density at radius 1 is 1.08 bits per heavy atom. The summed E-state index contributed by atoms with van der Waals surface area (Å²) in [5, 5.41) is 11.3. The van der Waals surface area contributed by atoms with E-state index in [1.807, 2.05) is 39.0 Å². The van der Waals surface area contributed by atoms with Crippen molar-refractivity contribution in [3.8, 4) is 5.75 Å². The van der Waals surface area contributed by atoms with Crippen LogP contribution in [0.15, 0.2) is 72.8 Å². The van der Waals surface area contributed by atoms with Crippen molar-refractivity contribution in [2.24, 2.45) is 0 Å². The third-order valence-electron chi connectivity index (χ3n) is 6.34. The molecule has 1 aromatic heterocycles. The molecule has 1 N–H and O–H groups in total. The lowest BCUT2D eigenvalue weighted by atomic mass is 9.98. The number of nitrogens with one attached hydrogen (secondary N) is 1. The van der Waals surface area contributed by atoms with Gasteiger partial charge in [-0.2, -0.15) is 0 Å². The number of anilines is 1. The van der Waals surface area contributed by atoms with E-state index in [9.17, 15) is 14.0 Å². The lowest BCUT2D eigenvalue weighted by Crippen LogP contribution is -2.51. The van der Waals surface area contributed by atoms with Gasteiger partial charge in [-0.25, -0.2) is 9.07 Å². The van der Waals surface area contributed by atoms with Gasteiger partial charge in [0, 0.05) is 11.2 Å². The van der Waals surface area contributed by atoms with E-state index in [0.29, 0.717) is 34.5 Å². The van der Waals surface area contributed by atoms with Gasteiger partial charge in [-0.05, 0) is 74.4 Å². The number of ether oxygens (including phenoxy) is 1. The Labute approximate surface area is 215 Å². The summed E-state index contributed by atoms with van der Waals surface area (Å²) in [4.78, 5) is 29.2. The van der Waals surface area contributed by atoms with Crippen molar-refractivity contribution in [3.63, 3.8) is 0 Å². The van der Waals surface area contributed by atoms with Gasteiger partial charge in [0.25, 0.3) is 0 Å². The fraction of sp³-hybridized carbons (Fsp3) is 0.286. The summed E-state index contributed by atoms with van der Waals surface area (Å²) in [5.74, 6) is -0.701. The van der Waals surface area contributed by atoms with Crippen LogP contribution in [0.5, 0.6) is 5.75 Å². The molecule has 1 heterocycles. The summed E-state index contributed by atoms with van der Waals surface area (Å²) < 4.78 is 20.7. The van der Waals surface area contributed by atoms with Crippen molar-refractivity contribution < 1.29 is 18.7 Å². The molecule has 0 saturated heterocycles.